The van der Waals surface area contributed by atoms with E-state index in [1.54, 1.807) is 0 Å². The molecule has 0 aromatic carbocycles. The molecule has 5 heavy (non-hydrogen) atoms. The molecule has 30 valence electrons. The molecule has 0 fully saturated rings. The monoisotopic (exact) mass is 74.0 g/mol. The van der Waals surface area contributed by atoms with E-state index >= 15 is 0 Å². The Kier molecular flexibility index (Phi) is 3.86. The first-order valence-electron chi connectivity index (χ1n) is 1.34. The van der Waals surface area contributed by atoms with Crippen LogP contribution in [0.2, 0.25) is 0 Å². The quantitative estimate of drug-likeness (QED) is 0.485. The minimum atomic E-state index is -0.00347. The van der Waals surface area contributed by atoms with Crippen molar-refractivity contribution in [1.82, 2.24) is 0 Å². The van der Waals surface area contributed by atoms with E-state index in [1.807, 2.05) is 0 Å². The van der Waals surface area contributed by atoms with Crippen LogP contribution in [0.25, 0.3) is 0 Å². The summed E-state index contributed by atoms with van der Waals surface area (Å²) in [6.07, 6.45) is 0. The lowest BCUT2D eigenvalue weighted by molar-refractivity contribution is 0.162. The minimum absolute atomic E-state index is 0.00347. The van der Waals surface area contributed by atoms with E-state index in [4.69, 9.17) is 5.11 Å². The topological polar surface area (TPSA) is 29.5 Å². The van der Waals surface area contributed by atoms with Crippen LogP contribution in [0.5, 0.6) is 0 Å². The molecule has 0 saturated carbocycles. The number of aliphatic hydroxyl groups is 1. The number of hydrogen-bond acceptors (Lipinski definition) is 2. The average molecular weight is 74.1 g/mol. The average Bonchev–Trinajstić information content (AvgIpc) is 1.41. The second-order valence-corrected chi connectivity index (χ2v) is 0.594. The fourth-order valence-corrected chi connectivity index (χ4v) is 0.0527. The molecule has 0 heterocycles. The first-order chi connectivity index (χ1) is 2.41. The van der Waals surface area contributed by atoms with Crippen molar-refractivity contribution < 1.29 is 9.84 Å². The molecule has 0 saturated heterocycles. The van der Waals surface area contributed by atoms with Gasteiger partial charge < -0.3 is 9.84 Å². The Hall–Kier alpha value is -0.0800. The highest BCUT2D eigenvalue weighted by molar-refractivity contribution is 4.16. The second kappa shape index (κ2) is 3.92. The summed E-state index contributed by atoms with van der Waals surface area (Å²) in [6, 6.07) is 0. The Morgan fingerprint density at radius 3 is 2.40 bits per heavy atom. The van der Waals surface area contributed by atoms with Crippen LogP contribution in [0.3, 0.4) is 0 Å². The highest BCUT2D eigenvalue weighted by atomic mass is 16.5. The normalized spacial score (nSPS) is 8.40. The molecule has 2 heteroatoms. The van der Waals surface area contributed by atoms with E-state index < -0.39 is 0 Å². The molecule has 0 atom stereocenters. The Bertz CT molecular complexity index is 12.4. The van der Waals surface area contributed by atoms with Gasteiger partial charge in [0.25, 0.3) is 0 Å². The maximum Gasteiger partial charge on any atom is 0.115 e. The van der Waals surface area contributed by atoms with Crippen LogP contribution in [-0.2, 0) is 4.74 Å². The summed E-state index contributed by atoms with van der Waals surface area (Å²) in [5, 5.41) is 7.86. The summed E-state index contributed by atoms with van der Waals surface area (Å²) in [5.41, 5.74) is 0. The van der Waals surface area contributed by atoms with Gasteiger partial charge in [-0.3, -0.25) is 0 Å². The Balaban J connectivity index is 2.19. The Morgan fingerprint density at radius 2 is 2.40 bits per heavy atom. The minimum Gasteiger partial charge on any atom is -0.394 e. The zero-order valence-corrected chi connectivity index (χ0v) is 2.85. The van der Waals surface area contributed by atoms with Crippen molar-refractivity contribution >= 4 is 0 Å². The first kappa shape index (κ1) is 4.92. The summed E-state index contributed by atoms with van der Waals surface area (Å²) in [5.74, 6) is 0. The lowest BCUT2D eigenvalue weighted by Gasteiger charge is -1.83. The van der Waals surface area contributed by atoms with Crippen LogP contribution in [0.1, 0.15) is 0 Å². The zero-order chi connectivity index (χ0) is 4.12. The largest absolute Gasteiger partial charge is 0.394 e. The Morgan fingerprint density at radius 1 is 1.80 bits per heavy atom. The SMILES string of the molecule is [CH]OCCO. The van der Waals surface area contributed by atoms with Crippen molar-refractivity contribution in [3.8, 4) is 0 Å². The predicted octanol–water partition coefficient (Wildman–Crippen LogP) is -0.336. The summed E-state index contributed by atoms with van der Waals surface area (Å²) in [4.78, 5) is 0. The Labute approximate surface area is 31.4 Å². The lowest BCUT2D eigenvalue weighted by atomic mass is 10.8. The van der Waals surface area contributed by atoms with Crippen LogP contribution < -0.4 is 0 Å². The van der Waals surface area contributed by atoms with Gasteiger partial charge in [-0.15, -0.1) is 0 Å². The molecular formula is C3H6O2. The van der Waals surface area contributed by atoms with Gasteiger partial charge in [-0.2, -0.15) is 0 Å². The van der Waals surface area contributed by atoms with Crippen molar-refractivity contribution in [1.29, 1.82) is 0 Å². The van der Waals surface area contributed by atoms with Crippen molar-refractivity contribution in [2.75, 3.05) is 13.2 Å². The third-order valence-electron chi connectivity index (χ3n) is 0.209. The molecule has 0 bridgehead atoms. The number of ether oxygens (including phenoxy) is 1. The van der Waals surface area contributed by atoms with Gasteiger partial charge in [0.1, 0.15) is 7.11 Å². The van der Waals surface area contributed by atoms with Crippen molar-refractivity contribution in [3.63, 3.8) is 0 Å². The van der Waals surface area contributed by atoms with E-state index in [-0.39, 0.29) is 13.2 Å². The smallest absolute Gasteiger partial charge is 0.115 e. The highest BCUT2D eigenvalue weighted by Gasteiger charge is 1.68. The summed E-state index contributed by atoms with van der Waals surface area (Å²) < 4.78 is 3.94. The summed E-state index contributed by atoms with van der Waals surface area (Å²) >= 11 is 0. The summed E-state index contributed by atoms with van der Waals surface area (Å²) in [7, 11) is 4.48. The molecule has 2 radical (unpaired) electrons. The predicted molar refractivity (Wildman–Crippen MR) is 17.3 cm³/mol. The molecule has 2 nitrogen and oxygen atoms in total. The molecule has 0 unspecified atom stereocenters. The molecule has 0 spiro atoms. The van der Waals surface area contributed by atoms with Crippen LogP contribution >= 0.6 is 0 Å². The van der Waals surface area contributed by atoms with Crippen LogP contribution in [-0.4, -0.2) is 18.3 Å². The number of hydrogen-bond donors (Lipinski definition) is 1. The van der Waals surface area contributed by atoms with E-state index in [0.29, 0.717) is 0 Å². The van der Waals surface area contributed by atoms with Gasteiger partial charge in [0, 0.05) is 0 Å². The van der Waals surface area contributed by atoms with Gasteiger partial charge in [-0.1, -0.05) is 0 Å². The standard InChI is InChI=1S/C3H6O2/c1-5-3-2-4/h1,4H,2-3H2. The molecule has 0 aromatic heterocycles. The molecule has 0 rings (SSSR count). The number of aliphatic hydroxyl groups excluding tert-OH is 1. The van der Waals surface area contributed by atoms with Crippen molar-refractivity contribution in [3.05, 3.63) is 7.11 Å². The van der Waals surface area contributed by atoms with E-state index in [1.165, 1.54) is 0 Å². The van der Waals surface area contributed by atoms with Crippen LogP contribution in [0.4, 0.5) is 0 Å². The molecule has 0 aliphatic rings. The van der Waals surface area contributed by atoms with Gasteiger partial charge in [-0.25, -0.2) is 0 Å². The van der Waals surface area contributed by atoms with E-state index in [9.17, 15) is 0 Å². The van der Waals surface area contributed by atoms with Gasteiger partial charge in [0.2, 0.25) is 0 Å². The molecule has 1 N–H and O–H groups in total. The molecular weight excluding hydrogens is 68.0 g/mol. The highest BCUT2D eigenvalue weighted by Crippen LogP contribution is 1.59. The van der Waals surface area contributed by atoms with E-state index in [0.717, 1.165) is 0 Å². The fraction of sp³-hybridized carbons (Fsp3) is 0.667. The maximum absolute atomic E-state index is 7.86. The lowest BCUT2D eigenvalue weighted by Crippen LogP contribution is -1.89. The van der Waals surface area contributed by atoms with Gasteiger partial charge in [0.05, 0.1) is 13.2 Å². The molecule has 0 aromatic rings. The fourth-order valence-electron chi connectivity index (χ4n) is 0.0527. The van der Waals surface area contributed by atoms with Gasteiger partial charge in [-0.05, 0) is 0 Å². The third-order valence-corrected chi connectivity index (χ3v) is 0.209. The molecule has 0 aliphatic heterocycles. The van der Waals surface area contributed by atoms with Gasteiger partial charge >= 0.3 is 0 Å². The first-order valence-corrected chi connectivity index (χ1v) is 1.34. The van der Waals surface area contributed by atoms with Crippen LogP contribution in [0.15, 0.2) is 0 Å². The van der Waals surface area contributed by atoms with E-state index in [2.05, 4.69) is 11.8 Å². The number of rotatable bonds is 2. The van der Waals surface area contributed by atoms with Gasteiger partial charge in [0.15, 0.2) is 0 Å². The molecule has 0 aliphatic carbocycles. The van der Waals surface area contributed by atoms with Crippen molar-refractivity contribution in [2.45, 2.75) is 0 Å². The zero-order valence-electron chi connectivity index (χ0n) is 2.85. The third kappa shape index (κ3) is 3.92. The van der Waals surface area contributed by atoms with Crippen LogP contribution in [0, 0.1) is 7.11 Å². The van der Waals surface area contributed by atoms with Crippen molar-refractivity contribution in [2.24, 2.45) is 0 Å². The maximum atomic E-state index is 7.86. The molecule has 0 amide bonds. The summed E-state index contributed by atoms with van der Waals surface area (Å²) in [6.45, 7) is 0.219. The second-order valence-electron chi connectivity index (χ2n) is 0.594.